The summed E-state index contributed by atoms with van der Waals surface area (Å²) in [5.41, 5.74) is 6.79. The van der Waals surface area contributed by atoms with Crippen LogP contribution < -0.4 is 5.73 Å². The third-order valence-corrected chi connectivity index (χ3v) is 3.43. The van der Waals surface area contributed by atoms with Gasteiger partial charge in [-0.1, -0.05) is 11.6 Å². The van der Waals surface area contributed by atoms with Gasteiger partial charge in [-0.3, -0.25) is 0 Å². The number of methoxy groups -OCH3 is 1. The molecule has 0 saturated heterocycles. The fourth-order valence-electron chi connectivity index (χ4n) is 1.33. The smallest absolute Gasteiger partial charge is 0.113 e. The zero-order valence-corrected chi connectivity index (χ0v) is 9.81. The number of hydrogen-bond donors (Lipinski definition) is 1. The van der Waals surface area contributed by atoms with Crippen LogP contribution in [0.25, 0.3) is 10.2 Å². The van der Waals surface area contributed by atoms with Crippen molar-refractivity contribution in [2.75, 3.05) is 13.7 Å². The minimum Gasteiger partial charge on any atom is -0.383 e. The van der Waals surface area contributed by atoms with Crippen molar-refractivity contribution in [3.63, 3.8) is 0 Å². The third-order valence-electron chi connectivity index (χ3n) is 2.03. The first kappa shape index (κ1) is 10.8. The Bertz CT molecular complexity index is 471. The second kappa shape index (κ2) is 4.45. The SMILES string of the molecule is COCC(N)c1nc2cc(Cl)ccc2s1. The summed E-state index contributed by atoms with van der Waals surface area (Å²) in [7, 11) is 1.63. The lowest BCUT2D eigenvalue weighted by Crippen LogP contribution is -2.15. The minimum absolute atomic E-state index is 0.161. The largest absolute Gasteiger partial charge is 0.383 e. The number of nitrogens with zero attached hydrogens (tertiary/aromatic N) is 1. The Morgan fingerprint density at radius 1 is 1.60 bits per heavy atom. The van der Waals surface area contributed by atoms with E-state index in [1.54, 1.807) is 18.4 Å². The van der Waals surface area contributed by atoms with Gasteiger partial charge in [0.1, 0.15) is 5.01 Å². The van der Waals surface area contributed by atoms with Crippen LogP contribution in [-0.2, 0) is 4.74 Å². The van der Waals surface area contributed by atoms with E-state index in [0.717, 1.165) is 15.2 Å². The number of rotatable bonds is 3. The molecule has 0 aliphatic rings. The molecule has 5 heteroatoms. The summed E-state index contributed by atoms with van der Waals surface area (Å²) in [6, 6.07) is 5.49. The van der Waals surface area contributed by atoms with Gasteiger partial charge >= 0.3 is 0 Å². The average Bonchev–Trinajstić information content (AvgIpc) is 2.60. The topological polar surface area (TPSA) is 48.1 Å². The fourth-order valence-corrected chi connectivity index (χ4v) is 2.43. The van der Waals surface area contributed by atoms with Crippen LogP contribution in [-0.4, -0.2) is 18.7 Å². The first-order chi connectivity index (χ1) is 7.20. The van der Waals surface area contributed by atoms with Gasteiger partial charge < -0.3 is 10.5 Å². The Labute approximate surface area is 96.8 Å². The van der Waals surface area contributed by atoms with Crippen LogP contribution in [0.4, 0.5) is 0 Å². The summed E-state index contributed by atoms with van der Waals surface area (Å²) in [5.74, 6) is 0. The summed E-state index contributed by atoms with van der Waals surface area (Å²) in [6.45, 7) is 0.480. The van der Waals surface area contributed by atoms with E-state index < -0.39 is 0 Å². The Morgan fingerprint density at radius 2 is 2.40 bits per heavy atom. The Morgan fingerprint density at radius 3 is 3.13 bits per heavy atom. The first-order valence-corrected chi connectivity index (χ1v) is 5.70. The van der Waals surface area contributed by atoms with Gasteiger partial charge in [0.25, 0.3) is 0 Å². The fraction of sp³-hybridized carbons (Fsp3) is 0.300. The van der Waals surface area contributed by atoms with Crippen LogP contribution in [0.3, 0.4) is 0 Å². The highest BCUT2D eigenvalue weighted by molar-refractivity contribution is 7.18. The predicted octanol–water partition coefficient (Wildman–Crippen LogP) is 2.60. The van der Waals surface area contributed by atoms with Crippen molar-refractivity contribution in [3.05, 3.63) is 28.2 Å². The summed E-state index contributed by atoms with van der Waals surface area (Å²) in [4.78, 5) is 4.42. The molecule has 0 radical (unpaired) electrons. The van der Waals surface area contributed by atoms with Gasteiger partial charge in [0.15, 0.2) is 0 Å². The van der Waals surface area contributed by atoms with E-state index in [2.05, 4.69) is 4.98 Å². The number of benzene rings is 1. The lowest BCUT2D eigenvalue weighted by atomic mass is 10.3. The van der Waals surface area contributed by atoms with Crippen LogP contribution in [0, 0.1) is 0 Å². The van der Waals surface area contributed by atoms with Gasteiger partial charge in [-0.2, -0.15) is 0 Å². The van der Waals surface area contributed by atoms with Crippen molar-refractivity contribution in [2.45, 2.75) is 6.04 Å². The molecule has 3 nitrogen and oxygen atoms in total. The predicted molar refractivity (Wildman–Crippen MR) is 63.4 cm³/mol. The lowest BCUT2D eigenvalue weighted by molar-refractivity contribution is 0.181. The summed E-state index contributed by atoms with van der Waals surface area (Å²) in [6.07, 6.45) is 0. The molecule has 0 saturated carbocycles. The van der Waals surface area contributed by atoms with Crippen molar-refractivity contribution in [2.24, 2.45) is 5.73 Å². The number of aromatic nitrogens is 1. The zero-order valence-electron chi connectivity index (χ0n) is 8.24. The molecule has 0 spiro atoms. The summed E-state index contributed by atoms with van der Waals surface area (Å²) >= 11 is 7.46. The van der Waals surface area contributed by atoms with Crippen molar-refractivity contribution >= 4 is 33.2 Å². The van der Waals surface area contributed by atoms with Crippen molar-refractivity contribution < 1.29 is 4.74 Å². The third kappa shape index (κ3) is 2.29. The molecule has 1 unspecified atom stereocenters. The van der Waals surface area contributed by atoms with Gasteiger partial charge in [-0.05, 0) is 18.2 Å². The molecule has 0 amide bonds. The molecular formula is C10H11ClN2OS. The van der Waals surface area contributed by atoms with E-state index in [1.807, 2.05) is 18.2 Å². The maximum Gasteiger partial charge on any atom is 0.113 e. The van der Waals surface area contributed by atoms with E-state index in [0.29, 0.717) is 11.6 Å². The number of hydrogen-bond acceptors (Lipinski definition) is 4. The second-order valence-corrected chi connectivity index (χ2v) is 4.72. The maximum absolute atomic E-state index is 5.90. The Balaban J connectivity index is 2.38. The highest BCUT2D eigenvalue weighted by atomic mass is 35.5. The standard InChI is InChI=1S/C10H11ClN2OS/c1-14-5-7(12)10-13-8-4-6(11)2-3-9(8)15-10/h2-4,7H,5,12H2,1H3. The normalized spacial score (nSPS) is 13.3. The highest BCUT2D eigenvalue weighted by Crippen LogP contribution is 2.27. The van der Waals surface area contributed by atoms with Gasteiger partial charge in [0.2, 0.25) is 0 Å². The first-order valence-electron chi connectivity index (χ1n) is 4.51. The van der Waals surface area contributed by atoms with E-state index in [9.17, 15) is 0 Å². The van der Waals surface area contributed by atoms with Gasteiger partial charge in [-0.25, -0.2) is 4.98 Å². The Hall–Kier alpha value is -0.680. The molecule has 0 fully saturated rings. The molecule has 0 aliphatic heterocycles. The highest BCUT2D eigenvalue weighted by Gasteiger charge is 2.11. The van der Waals surface area contributed by atoms with Crippen molar-refractivity contribution in [3.8, 4) is 0 Å². The van der Waals surface area contributed by atoms with E-state index in [4.69, 9.17) is 22.1 Å². The molecule has 15 heavy (non-hydrogen) atoms. The summed E-state index contributed by atoms with van der Waals surface area (Å²) < 4.78 is 6.09. The van der Waals surface area contributed by atoms with Crippen molar-refractivity contribution in [1.82, 2.24) is 4.98 Å². The van der Waals surface area contributed by atoms with Crippen LogP contribution >= 0.6 is 22.9 Å². The van der Waals surface area contributed by atoms with E-state index >= 15 is 0 Å². The van der Waals surface area contributed by atoms with Gasteiger partial charge in [-0.15, -0.1) is 11.3 Å². The van der Waals surface area contributed by atoms with Crippen LogP contribution in [0.5, 0.6) is 0 Å². The molecular weight excluding hydrogens is 232 g/mol. The zero-order chi connectivity index (χ0) is 10.8. The second-order valence-electron chi connectivity index (χ2n) is 3.23. The number of ether oxygens (including phenoxy) is 1. The number of fused-ring (bicyclic) bond motifs is 1. The molecule has 1 atom stereocenters. The molecule has 1 aromatic carbocycles. The number of halogens is 1. The molecule has 2 N–H and O–H groups in total. The maximum atomic E-state index is 5.90. The van der Waals surface area contributed by atoms with Crippen molar-refractivity contribution in [1.29, 1.82) is 0 Å². The Kier molecular flexibility index (Phi) is 3.21. The molecule has 0 bridgehead atoms. The van der Waals surface area contributed by atoms with Gasteiger partial charge in [0, 0.05) is 12.1 Å². The van der Waals surface area contributed by atoms with Crippen LogP contribution in [0.15, 0.2) is 18.2 Å². The van der Waals surface area contributed by atoms with Crippen LogP contribution in [0.2, 0.25) is 5.02 Å². The molecule has 2 rings (SSSR count). The molecule has 1 heterocycles. The van der Waals surface area contributed by atoms with E-state index in [1.165, 1.54) is 0 Å². The molecule has 2 aromatic rings. The average molecular weight is 243 g/mol. The number of nitrogens with two attached hydrogens (primary N) is 1. The van der Waals surface area contributed by atoms with E-state index in [-0.39, 0.29) is 6.04 Å². The molecule has 1 aromatic heterocycles. The minimum atomic E-state index is -0.161. The lowest BCUT2D eigenvalue weighted by Gasteiger charge is -2.04. The monoisotopic (exact) mass is 242 g/mol. The molecule has 0 aliphatic carbocycles. The van der Waals surface area contributed by atoms with Gasteiger partial charge in [0.05, 0.1) is 22.9 Å². The molecule has 80 valence electrons. The summed E-state index contributed by atoms with van der Waals surface area (Å²) in [5, 5.41) is 1.58. The quantitative estimate of drug-likeness (QED) is 0.900. The number of thiazole rings is 1. The van der Waals surface area contributed by atoms with Crippen LogP contribution in [0.1, 0.15) is 11.0 Å².